The second-order valence-corrected chi connectivity index (χ2v) is 8.54. The third-order valence-electron chi connectivity index (χ3n) is 5.88. The smallest absolute Gasteiger partial charge is 0.290 e. The van der Waals surface area contributed by atoms with Gasteiger partial charge >= 0.3 is 0 Å². The fourth-order valence-electron chi connectivity index (χ4n) is 4.30. The van der Waals surface area contributed by atoms with Crippen LogP contribution in [0.3, 0.4) is 0 Å². The Morgan fingerprint density at radius 1 is 1.18 bits per heavy atom. The maximum absolute atomic E-state index is 13.6. The monoisotopic (exact) mass is 448 g/mol. The third kappa shape index (κ3) is 4.24. The van der Waals surface area contributed by atoms with Gasteiger partial charge in [0.1, 0.15) is 11.3 Å². The zero-order valence-corrected chi connectivity index (χ0v) is 19.3. The van der Waals surface area contributed by atoms with Crippen molar-refractivity contribution in [2.75, 3.05) is 34.3 Å². The van der Waals surface area contributed by atoms with E-state index >= 15 is 0 Å². The van der Waals surface area contributed by atoms with E-state index < -0.39 is 23.5 Å². The number of Topliss-reactive ketones (excluding diaryl/α,β-unsaturated/α-hetero) is 1. The first kappa shape index (κ1) is 22.6. The molecule has 4 rings (SSSR count). The van der Waals surface area contributed by atoms with Crippen LogP contribution in [0.15, 0.2) is 64.3 Å². The van der Waals surface area contributed by atoms with Crippen LogP contribution in [0.5, 0.6) is 5.75 Å². The van der Waals surface area contributed by atoms with Gasteiger partial charge in [0, 0.05) is 17.5 Å². The lowest BCUT2D eigenvalue weighted by Gasteiger charge is -2.28. The second kappa shape index (κ2) is 9.11. The number of aryl methyl sites for hydroxylation is 1. The number of ketones is 1. The number of para-hydroxylation sites is 1. The first-order valence-corrected chi connectivity index (χ1v) is 10.9. The van der Waals surface area contributed by atoms with Crippen molar-refractivity contribution in [3.8, 4) is 5.75 Å². The van der Waals surface area contributed by atoms with Crippen molar-refractivity contribution in [3.05, 3.63) is 76.8 Å². The molecule has 3 aromatic rings. The maximum atomic E-state index is 13.6. The molecule has 2 aromatic carbocycles. The van der Waals surface area contributed by atoms with Gasteiger partial charge in [-0.15, -0.1) is 0 Å². The van der Waals surface area contributed by atoms with Crippen LogP contribution < -0.4 is 4.74 Å². The molecule has 7 heteroatoms. The predicted molar refractivity (Wildman–Crippen MR) is 126 cm³/mol. The molecule has 1 N–H and O–H groups in total. The van der Waals surface area contributed by atoms with Crippen LogP contribution in [0.4, 0.5) is 0 Å². The highest BCUT2D eigenvalue weighted by atomic mass is 16.5. The molecule has 0 radical (unpaired) electrons. The van der Waals surface area contributed by atoms with Crippen LogP contribution in [0, 0.1) is 6.92 Å². The lowest BCUT2D eigenvalue weighted by atomic mass is 9.94. The molecule has 33 heavy (non-hydrogen) atoms. The van der Waals surface area contributed by atoms with Gasteiger partial charge in [-0.25, -0.2) is 0 Å². The lowest BCUT2D eigenvalue weighted by Crippen LogP contribution is -2.33. The Balaban J connectivity index is 1.78. The van der Waals surface area contributed by atoms with E-state index in [1.807, 2.05) is 56.3 Å². The minimum atomic E-state index is -0.779. The number of hydrogen-bond donors (Lipinski definition) is 1. The van der Waals surface area contributed by atoms with Crippen molar-refractivity contribution in [3.63, 3.8) is 0 Å². The van der Waals surface area contributed by atoms with Gasteiger partial charge in [0.2, 0.25) is 5.78 Å². The van der Waals surface area contributed by atoms with Crippen molar-refractivity contribution in [1.82, 2.24) is 9.80 Å². The average Bonchev–Trinajstić information content (AvgIpc) is 3.32. The molecule has 0 saturated heterocycles. The molecule has 1 aliphatic heterocycles. The van der Waals surface area contributed by atoms with Gasteiger partial charge in [-0.1, -0.05) is 29.8 Å². The summed E-state index contributed by atoms with van der Waals surface area (Å²) in [5.41, 5.74) is 2.26. The summed E-state index contributed by atoms with van der Waals surface area (Å²) in [6, 6.07) is 13.7. The zero-order valence-electron chi connectivity index (χ0n) is 19.3. The Hall–Kier alpha value is -3.58. The first-order valence-electron chi connectivity index (χ1n) is 10.9. The third-order valence-corrected chi connectivity index (χ3v) is 5.88. The Bertz CT molecular complexity index is 1240. The van der Waals surface area contributed by atoms with Crippen LogP contribution in [0.25, 0.3) is 11.0 Å². The van der Waals surface area contributed by atoms with Gasteiger partial charge < -0.3 is 24.1 Å². The molecule has 0 saturated carbocycles. The largest absolute Gasteiger partial charge is 0.503 e. The van der Waals surface area contributed by atoms with E-state index in [1.54, 1.807) is 25.3 Å². The minimum absolute atomic E-state index is 0.00475. The Kier molecular flexibility index (Phi) is 6.24. The highest BCUT2D eigenvalue weighted by Crippen LogP contribution is 2.42. The molecule has 172 valence electrons. The first-order chi connectivity index (χ1) is 15.8. The molecule has 0 fully saturated rings. The summed E-state index contributed by atoms with van der Waals surface area (Å²) >= 11 is 0. The van der Waals surface area contributed by atoms with Crippen molar-refractivity contribution in [1.29, 1.82) is 0 Å². The molecule has 1 amide bonds. The normalized spacial score (nSPS) is 16.3. The van der Waals surface area contributed by atoms with Crippen LogP contribution in [0.1, 0.15) is 34.1 Å². The number of nitrogens with zero attached hydrogens (tertiary/aromatic N) is 2. The molecule has 0 aliphatic carbocycles. The number of fused-ring (bicyclic) bond motifs is 1. The van der Waals surface area contributed by atoms with Gasteiger partial charge in [0.15, 0.2) is 11.5 Å². The number of carbonyl (C=O) groups is 2. The van der Waals surface area contributed by atoms with E-state index in [0.29, 0.717) is 29.9 Å². The number of aliphatic hydroxyl groups excluding tert-OH is 1. The summed E-state index contributed by atoms with van der Waals surface area (Å²) in [6.45, 7) is 3.09. The molecule has 1 atom stereocenters. The SMILES string of the molecule is COc1ccccc1C1C(C(=O)c2cc3cc(C)ccc3o2)=C(O)C(=O)N1CCCN(C)C. The number of benzene rings is 2. The number of furan rings is 1. The van der Waals surface area contributed by atoms with Gasteiger partial charge in [-0.05, 0) is 58.3 Å². The molecule has 1 aromatic heterocycles. The number of amides is 1. The summed E-state index contributed by atoms with van der Waals surface area (Å²) < 4.78 is 11.3. The molecular formula is C26H28N2O5. The van der Waals surface area contributed by atoms with E-state index in [2.05, 4.69) is 0 Å². The summed E-state index contributed by atoms with van der Waals surface area (Å²) in [7, 11) is 5.45. The number of hydrogen-bond acceptors (Lipinski definition) is 6. The van der Waals surface area contributed by atoms with Gasteiger partial charge in [-0.3, -0.25) is 9.59 Å². The number of methoxy groups -OCH3 is 1. The highest BCUT2D eigenvalue weighted by Gasteiger charge is 2.45. The quantitative estimate of drug-likeness (QED) is 0.518. The van der Waals surface area contributed by atoms with E-state index in [-0.39, 0.29) is 11.3 Å². The molecule has 7 nitrogen and oxygen atoms in total. The van der Waals surface area contributed by atoms with Crippen LogP contribution >= 0.6 is 0 Å². The van der Waals surface area contributed by atoms with Gasteiger partial charge in [0.25, 0.3) is 5.91 Å². The number of aliphatic hydroxyl groups is 1. The van der Waals surface area contributed by atoms with Crippen molar-refractivity contribution >= 4 is 22.7 Å². The van der Waals surface area contributed by atoms with Crippen LogP contribution in [0.2, 0.25) is 0 Å². The summed E-state index contributed by atoms with van der Waals surface area (Å²) in [5.74, 6) is -1.01. The number of ether oxygens (including phenoxy) is 1. The van der Waals surface area contributed by atoms with Gasteiger partial charge in [0.05, 0.1) is 18.7 Å². The standard InChI is InChI=1S/C26H28N2O5/c1-16-10-11-19-17(14-16)15-21(33-19)24(29)22-23(18-8-5-6-9-20(18)32-4)28(26(31)25(22)30)13-7-12-27(2)3/h5-6,8-11,14-15,23,30H,7,12-13H2,1-4H3. The van der Waals surface area contributed by atoms with Crippen LogP contribution in [-0.4, -0.2) is 60.9 Å². The van der Waals surface area contributed by atoms with E-state index in [1.165, 1.54) is 4.90 Å². The Morgan fingerprint density at radius 2 is 1.94 bits per heavy atom. The highest BCUT2D eigenvalue weighted by molar-refractivity contribution is 6.16. The van der Waals surface area contributed by atoms with Crippen molar-refractivity contribution in [2.45, 2.75) is 19.4 Å². The zero-order chi connectivity index (χ0) is 23.7. The molecular weight excluding hydrogens is 420 g/mol. The van der Waals surface area contributed by atoms with Crippen molar-refractivity contribution < 1.29 is 23.8 Å². The number of rotatable bonds is 8. The Morgan fingerprint density at radius 3 is 2.67 bits per heavy atom. The van der Waals surface area contributed by atoms with E-state index in [0.717, 1.165) is 17.5 Å². The predicted octanol–water partition coefficient (Wildman–Crippen LogP) is 4.28. The van der Waals surface area contributed by atoms with Crippen LogP contribution in [-0.2, 0) is 4.79 Å². The summed E-state index contributed by atoms with van der Waals surface area (Å²) in [5, 5.41) is 11.6. The van der Waals surface area contributed by atoms with Gasteiger partial charge in [-0.2, -0.15) is 0 Å². The van der Waals surface area contributed by atoms with E-state index in [9.17, 15) is 14.7 Å². The molecule has 2 heterocycles. The van der Waals surface area contributed by atoms with Crippen molar-refractivity contribution in [2.24, 2.45) is 0 Å². The lowest BCUT2D eigenvalue weighted by molar-refractivity contribution is -0.129. The second-order valence-electron chi connectivity index (χ2n) is 8.54. The maximum Gasteiger partial charge on any atom is 0.290 e. The minimum Gasteiger partial charge on any atom is -0.503 e. The summed E-state index contributed by atoms with van der Waals surface area (Å²) in [4.78, 5) is 30.3. The fraction of sp³-hybridized carbons (Fsp3) is 0.308. The fourth-order valence-corrected chi connectivity index (χ4v) is 4.30. The molecule has 1 aliphatic rings. The topological polar surface area (TPSA) is 83.2 Å². The summed E-state index contributed by atoms with van der Waals surface area (Å²) in [6.07, 6.45) is 0.684. The van der Waals surface area contributed by atoms with E-state index in [4.69, 9.17) is 9.15 Å². The Labute approximate surface area is 192 Å². The number of carbonyl (C=O) groups excluding carboxylic acids is 2. The molecule has 0 spiro atoms. The average molecular weight is 449 g/mol. The molecule has 0 bridgehead atoms. The molecule has 1 unspecified atom stereocenters.